The van der Waals surface area contributed by atoms with E-state index in [1.165, 1.54) is 12.1 Å². The van der Waals surface area contributed by atoms with Crippen LogP contribution in [-0.4, -0.2) is 38.2 Å². The van der Waals surface area contributed by atoms with E-state index >= 15 is 0 Å². The van der Waals surface area contributed by atoms with Crippen LogP contribution in [0.3, 0.4) is 0 Å². The first-order chi connectivity index (χ1) is 8.33. The van der Waals surface area contributed by atoms with Crippen LogP contribution < -0.4 is 5.43 Å². The molecule has 1 aliphatic rings. The van der Waals surface area contributed by atoms with Gasteiger partial charge in [0.25, 0.3) is 0 Å². The summed E-state index contributed by atoms with van der Waals surface area (Å²) in [5, 5.41) is 1.37. The minimum absolute atomic E-state index is 0.0482. The highest BCUT2D eigenvalue weighted by molar-refractivity contribution is 6.76. The van der Waals surface area contributed by atoms with Gasteiger partial charge in [-0.1, -0.05) is 31.8 Å². The Labute approximate surface area is 109 Å². The molecular formula is C12H22N2O3Si. The van der Waals surface area contributed by atoms with E-state index in [1.807, 2.05) is 6.08 Å². The first-order valence-corrected chi connectivity index (χ1v) is 9.87. The molecule has 1 saturated heterocycles. The molecule has 0 saturated carbocycles. The molecule has 0 aliphatic carbocycles. The van der Waals surface area contributed by atoms with Gasteiger partial charge in [0.15, 0.2) is 0 Å². The number of nitrogens with zero attached hydrogens (tertiary/aromatic N) is 1. The van der Waals surface area contributed by atoms with Crippen LogP contribution in [0.4, 0.5) is 4.79 Å². The summed E-state index contributed by atoms with van der Waals surface area (Å²) in [7, 11) is 0.174. The number of amides is 2. The van der Waals surface area contributed by atoms with Gasteiger partial charge in [0, 0.05) is 14.5 Å². The van der Waals surface area contributed by atoms with Crippen molar-refractivity contribution >= 4 is 20.1 Å². The van der Waals surface area contributed by atoms with Crippen LogP contribution in [0, 0.1) is 0 Å². The SMILES string of the molecule is COC(=O)NN1C(=O)CCC1/C=C/C[Si](C)(C)C. The first kappa shape index (κ1) is 14.8. The highest BCUT2D eigenvalue weighted by atomic mass is 28.3. The maximum atomic E-state index is 11.6. The first-order valence-electron chi connectivity index (χ1n) is 6.17. The maximum absolute atomic E-state index is 11.6. The second kappa shape index (κ2) is 6.04. The summed E-state index contributed by atoms with van der Waals surface area (Å²) < 4.78 is 4.51. The number of carbonyl (C=O) groups is 2. The second-order valence-corrected chi connectivity index (χ2v) is 11.2. The average molecular weight is 270 g/mol. The van der Waals surface area contributed by atoms with Crippen LogP contribution in [0.25, 0.3) is 0 Å². The largest absolute Gasteiger partial charge is 0.452 e. The Kier molecular flexibility index (Phi) is 4.95. The molecule has 1 N–H and O–H groups in total. The van der Waals surface area contributed by atoms with Crippen LogP contribution in [0.5, 0.6) is 0 Å². The average Bonchev–Trinajstić information content (AvgIpc) is 2.59. The molecule has 5 nitrogen and oxygen atoms in total. The van der Waals surface area contributed by atoms with Crippen molar-refractivity contribution in [1.82, 2.24) is 10.4 Å². The van der Waals surface area contributed by atoms with Gasteiger partial charge in [-0.2, -0.15) is 0 Å². The Morgan fingerprint density at radius 2 is 2.22 bits per heavy atom. The molecule has 0 bridgehead atoms. The lowest BCUT2D eigenvalue weighted by molar-refractivity contribution is -0.130. The van der Waals surface area contributed by atoms with Gasteiger partial charge in [-0.25, -0.2) is 15.2 Å². The molecule has 1 aliphatic heterocycles. The van der Waals surface area contributed by atoms with Gasteiger partial charge < -0.3 is 4.74 Å². The van der Waals surface area contributed by atoms with E-state index in [9.17, 15) is 9.59 Å². The quantitative estimate of drug-likeness (QED) is 0.629. The summed E-state index contributed by atoms with van der Waals surface area (Å²) in [5.74, 6) is -0.0666. The number of hydrogen-bond acceptors (Lipinski definition) is 3. The fraction of sp³-hybridized carbons (Fsp3) is 0.667. The molecule has 1 atom stereocenters. The smallest absolute Gasteiger partial charge is 0.425 e. The number of hydrogen-bond donors (Lipinski definition) is 1. The minimum Gasteiger partial charge on any atom is -0.452 e. The van der Waals surface area contributed by atoms with Gasteiger partial charge in [0.1, 0.15) is 0 Å². The Morgan fingerprint density at radius 3 is 2.78 bits per heavy atom. The van der Waals surface area contributed by atoms with E-state index in [1.54, 1.807) is 0 Å². The monoisotopic (exact) mass is 270 g/mol. The Bertz CT molecular complexity index is 350. The highest BCUT2D eigenvalue weighted by Gasteiger charge is 2.30. The number of methoxy groups -OCH3 is 1. The summed E-state index contributed by atoms with van der Waals surface area (Å²) in [6.07, 6.45) is 4.74. The third-order valence-electron chi connectivity index (χ3n) is 2.74. The molecule has 6 heteroatoms. The zero-order valence-electron chi connectivity index (χ0n) is 11.5. The summed E-state index contributed by atoms with van der Waals surface area (Å²) in [4.78, 5) is 22.8. The van der Waals surface area contributed by atoms with Crippen molar-refractivity contribution in [2.45, 2.75) is 44.6 Å². The maximum Gasteiger partial charge on any atom is 0.425 e. The molecule has 0 radical (unpaired) electrons. The van der Waals surface area contributed by atoms with Gasteiger partial charge >= 0.3 is 6.09 Å². The van der Waals surface area contributed by atoms with Crippen LogP contribution in [-0.2, 0) is 9.53 Å². The molecule has 1 fully saturated rings. The van der Waals surface area contributed by atoms with E-state index in [-0.39, 0.29) is 11.9 Å². The zero-order chi connectivity index (χ0) is 13.8. The van der Waals surface area contributed by atoms with Crippen LogP contribution >= 0.6 is 0 Å². The van der Waals surface area contributed by atoms with E-state index in [0.717, 1.165) is 12.5 Å². The highest BCUT2D eigenvalue weighted by Crippen LogP contribution is 2.19. The van der Waals surface area contributed by atoms with Gasteiger partial charge in [-0.15, -0.1) is 0 Å². The van der Waals surface area contributed by atoms with Crippen LogP contribution in [0.2, 0.25) is 25.7 Å². The van der Waals surface area contributed by atoms with Crippen molar-refractivity contribution in [3.05, 3.63) is 12.2 Å². The van der Waals surface area contributed by atoms with Crippen molar-refractivity contribution in [1.29, 1.82) is 0 Å². The fourth-order valence-corrected chi connectivity index (χ4v) is 2.60. The number of hydrazine groups is 1. The number of ether oxygens (including phenoxy) is 1. The Balaban J connectivity index is 2.58. The summed E-state index contributed by atoms with van der Waals surface area (Å²) in [6.45, 7) is 6.88. The molecule has 0 aromatic rings. The molecule has 0 aromatic carbocycles. The van der Waals surface area contributed by atoms with Crippen molar-refractivity contribution in [3.8, 4) is 0 Å². The molecule has 1 heterocycles. The Morgan fingerprint density at radius 1 is 1.56 bits per heavy atom. The number of nitrogens with one attached hydrogen (secondary N) is 1. The van der Waals surface area contributed by atoms with Gasteiger partial charge in [0.2, 0.25) is 5.91 Å². The van der Waals surface area contributed by atoms with Gasteiger partial charge in [-0.3, -0.25) is 4.79 Å². The van der Waals surface area contributed by atoms with Crippen molar-refractivity contribution in [2.24, 2.45) is 0 Å². The molecule has 1 rings (SSSR count). The zero-order valence-corrected chi connectivity index (χ0v) is 12.5. The Hall–Kier alpha value is -1.30. The third kappa shape index (κ3) is 4.52. The standard InChI is InChI=1S/C12H22N2O3Si/c1-17-12(16)13-14-10(7-8-11(14)15)6-5-9-18(2,3)4/h5-6,10H,7-9H2,1-4H3,(H,13,16)/b6-5+. The van der Waals surface area contributed by atoms with Gasteiger partial charge in [0.05, 0.1) is 13.2 Å². The van der Waals surface area contributed by atoms with Crippen molar-refractivity contribution < 1.29 is 14.3 Å². The minimum atomic E-state index is -1.11. The molecule has 0 aromatic heterocycles. The molecule has 102 valence electrons. The van der Waals surface area contributed by atoms with Gasteiger partial charge in [-0.05, 0) is 12.5 Å². The lowest BCUT2D eigenvalue weighted by Gasteiger charge is -2.22. The van der Waals surface area contributed by atoms with Crippen molar-refractivity contribution in [3.63, 3.8) is 0 Å². The van der Waals surface area contributed by atoms with E-state index < -0.39 is 14.2 Å². The molecule has 1 unspecified atom stereocenters. The topological polar surface area (TPSA) is 58.6 Å². The number of carbonyl (C=O) groups excluding carboxylic acids is 2. The normalized spacial score (nSPS) is 20.6. The lowest BCUT2D eigenvalue weighted by Crippen LogP contribution is -2.46. The van der Waals surface area contributed by atoms with Crippen LogP contribution in [0.1, 0.15) is 12.8 Å². The van der Waals surface area contributed by atoms with E-state index in [4.69, 9.17) is 0 Å². The molecular weight excluding hydrogens is 248 g/mol. The van der Waals surface area contributed by atoms with Crippen LogP contribution in [0.15, 0.2) is 12.2 Å². The third-order valence-corrected chi connectivity index (χ3v) is 4.20. The summed E-state index contributed by atoms with van der Waals surface area (Å²) in [6, 6.07) is 1.02. The predicted octanol–water partition coefficient (Wildman–Crippen LogP) is 2.14. The summed E-state index contributed by atoms with van der Waals surface area (Å²) in [5.41, 5.74) is 2.46. The predicted molar refractivity (Wildman–Crippen MR) is 72.7 cm³/mol. The number of allylic oxidation sites excluding steroid dienone is 1. The summed E-state index contributed by atoms with van der Waals surface area (Å²) >= 11 is 0. The van der Waals surface area contributed by atoms with E-state index in [0.29, 0.717) is 6.42 Å². The molecule has 0 spiro atoms. The second-order valence-electron chi connectivity index (χ2n) is 5.67. The molecule has 2 amide bonds. The lowest BCUT2D eigenvalue weighted by atomic mass is 10.2. The van der Waals surface area contributed by atoms with Crippen molar-refractivity contribution in [2.75, 3.05) is 7.11 Å². The number of rotatable bonds is 4. The van der Waals surface area contributed by atoms with E-state index in [2.05, 4.69) is 35.9 Å². The molecule has 18 heavy (non-hydrogen) atoms. The fourth-order valence-electron chi connectivity index (χ4n) is 1.76.